The number of anilines is 1. The van der Waals surface area contributed by atoms with Gasteiger partial charge in [-0.15, -0.1) is 0 Å². The van der Waals surface area contributed by atoms with Gasteiger partial charge in [-0.2, -0.15) is 4.31 Å². The highest BCUT2D eigenvalue weighted by atomic mass is 32.2. The van der Waals surface area contributed by atoms with Gasteiger partial charge in [0.25, 0.3) is 10.0 Å². The molecule has 0 aromatic carbocycles. The topological polar surface area (TPSA) is 92.7 Å². The van der Waals surface area contributed by atoms with Crippen molar-refractivity contribution >= 4 is 21.5 Å². The van der Waals surface area contributed by atoms with Gasteiger partial charge in [-0.3, -0.25) is 4.40 Å². The van der Waals surface area contributed by atoms with Crippen molar-refractivity contribution in [2.75, 3.05) is 12.5 Å². The quantitative estimate of drug-likeness (QED) is 0.642. The molecular weight excluding hydrogens is 278 g/mol. The molecular formula is C12H17N5O2S. The molecule has 0 atom stereocenters. The maximum absolute atomic E-state index is 12.8. The number of hydrogen-bond acceptors (Lipinski definition) is 5. The SMILES string of the molecule is CN(C1CCC1)S(=O)(=O)c1c(NN)nc2ccccn12. The van der Waals surface area contributed by atoms with Crippen LogP contribution < -0.4 is 11.3 Å². The normalized spacial score (nSPS) is 16.6. The monoisotopic (exact) mass is 295 g/mol. The first-order chi connectivity index (χ1) is 9.55. The molecule has 0 spiro atoms. The third kappa shape index (κ3) is 1.88. The van der Waals surface area contributed by atoms with Crippen LogP contribution in [-0.4, -0.2) is 35.2 Å². The average Bonchev–Trinajstić information content (AvgIpc) is 2.75. The molecule has 1 aliphatic rings. The Morgan fingerprint density at radius 1 is 1.45 bits per heavy atom. The Morgan fingerprint density at radius 2 is 2.20 bits per heavy atom. The molecule has 2 heterocycles. The number of sulfonamides is 1. The summed E-state index contributed by atoms with van der Waals surface area (Å²) in [6.07, 6.45) is 4.54. The minimum atomic E-state index is -3.63. The van der Waals surface area contributed by atoms with E-state index in [2.05, 4.69) is 10.4 Å². The molecule has 2 aromatic rings. The number of imidazole rings is 1. The molecule has 8 heteroatoms. The summed E-state index contributed by atoms with van der Waals surface area (Å²) in [7, 11) is -2.02. The van der Waals surface area contributed by atoms with Crippen molar-refractivity contribution < 1.29 is 8.42 Å². The van der Waals surface area contributed by atoms with Gasteiger partial charge in [-0.25, -0.2) is 19.2 Å². The van der Waals surface area contributed by atoms with Crippen LogP contribution >= 0.6 is 0 Å². The summed E-state index contributed by atoms with van der Waals surface area (Å²) in [6, 6.07) is 5.37. The number of nitrogens with two attached hydrogens (primary N) is 1. The van der Waals surface area contributed by atoms with Gasteiger partial charge in [0.2, 0.25) is 5.03 Å². The number of aromatic nitrogens is 2. The Hall–Kier alpha value is -1.64. The van der Waals surface area contributed by atoms with E-state index < -0.39 is 10.0 Å². The van der Waals surface area contributed by atoms with Crippen molar-refractivity contribution in [2.45, 2.75) is 30.3 Å². The van der Waals surface area contributed by atoms with E-state index in [-0.39, 0.29) is 16.9 Å². The Morgan fingerprint density at radius 3 is 2.80 bits per heavy atom. The van der Waals surface area contributed by atoms with Crippen LogP contribution in [0.1, 0.15) is 19.3 Å². The smallest absolute Gasteiger partial charge is 0.262 e. The van der Waals surface area contributed by atoms with Gasteiger partial charge in [0.05, 0.1) is 0 Å². The molecule has 20 heavy (non-hydrogen) atoms. The van der Waals surface area contributed by atoms with E-state index in [9.17, 15) is 8.42 Å². The van der Waals surface area contributed by atoms with Crippen LogP contribution in [0.2, 0.25) is 0 Å². The third-order valence-electron chi connectivity index (χ3n) is 3.84. The van der Waals surface area contributed by atoms with E-state index in [1.807, 2.05) is 0 Å². The highest BCUT2D eigenvalue weighted by molar-refractivity contribution is 7.89. The lowest BCUT2D eigenvalue weighted by Crippen LogP contribution is -2.41. The molecule has 0 amide bonds. The second kappa shape index (κ2) is 4.72. The molecule has 7 nitrogen and oxygen atoms in total. The van der Waals surface area contributed by atoms with E-state index >= 15 is 0 Å². The number of nitrogens with zero attached hydrogens (tertiary/aromatic N) is 3. The van der Waals surface area contributed by atoms with E-state index in [0.717, 1.165) is 19.3 Å². The summed E-state index contributed by atoms with van der Waals surface area (Å²) >= 11 is 0. The van der Waals surface area contributed by atoms with Crippen LogP contribution in [0.15, 0.2) is 29.4 Å². The Labute approximate surface area is 117 Å². The van der Waals surface area contributed by atoms with Crippen molar-refractivity contribution in [3.8, 4) is 0 Å². The summed E-state index contributed by atoms with van der Waals surface area (Å²) in [5.41, 5.74) is 2.93. The van der Waals surface area contributed by atoms with Crippen LogP contribution in [0.5, 0.6) is 0 Å². The van der Waals surface area contributed by atoms with Gasteiger partial charge in [0.1, 0.15) is 5.65 Å². The van der Waals surface area contributed by atoms with E-state index in [0.29, 0.717) is 5.65 Å². The third-order valence-corrected chi connectivity index (χ3v) is 5.77. The van der Waals surface area contributed by atoms with Crippen LogP contribution in [0.25, 0.3) is 5.65 Å². The second-order valence-electron chi connectivity index (χ2n) is 4.94. The molecule has 0 saturated heterocycles. The number of rotatable bonds is 4. The standard InChI is InChI=1S/C12H17N5O2S/c1-16(9-5-4-6-9)20(18,19)12-11(15-13)14-10-7-2-3-8-17(10)12/h2-3,7-9,15H,4-6,13H2,1H3. The zero-order valence-electron chi connectivity index (χ0n) is 11.2. The van der Waals surface area contributed by atoms with Crippen molar-refractivity contribution in [1.82, 2.24) is 13.7 Å². The molecule has 3 rings (SSSR count). The summed E-state index contributed by atoms with van der Waals surface area (Å²) < 4.78 is 28.5. The van der Waals surface area contributed by atoms with Crippen molar-refractivity contribution in [3.05, 3.63) is 24.4 Å². The van der Waals surface area contributed by atoms with E-state index in [1.165, 1.54) is 4.31 Å². The largest absolute Gasteiger partial charge is 0.306 e. The Kier molecular flexibility index (Phi) is 3.15. The molecule has 1 saturated carbocycles. The molecule has 0 unspecified atom stereocenters. The van der Waals surface area contributed by atoms with Gasteiger partial charge in [0.15, 0.2) is 5.82 Å². The predicted octanol–water partition coefficient (Wildman–Crippen LogP) is 0.793. The zero-order chi connectivity index (χ0) is 14.3. The number of pyridine rings is 1. The molecule has 0 radical (unpaired) electrons. The first kappa shape index (κ1) is 13.3. The fourth-order valence-corrected chi connectivity index (χ4v) is 4.02. The highest BCUT2D eigenvalue weighted by Crippen LogP contribution is 2.31. The van der Waals surface area contributed by atoms with E-state index in [4.69, 9.17) is 5.84 Å². The molecule has 2 aromatic heterocycles. The number of hydrogen-bond donors (Lipinski definition) is 2. The average molecular weight is 295 g/mol. The van der Waals surface area contributed by atoms with Crippen LogP contribution in [0.4, 0.5) is 5.82 Å². The van der Waals surface area contributed by atoms with Crippen molar-refractivity contribution in [1.29, 1.82) is 0 Å². The molecule has 1 aliphatic carbocycles. The fourth-order valence-electron chi connectivity index (χ4n) is 2.40. The van der Waals surface area contributed by atoms with Gasteiger partial charge in [-0.05, 0) is 25.0 Å². The summed E-state index contributed by atoms with van der Waals surface area (Å²) in [4.78, 5) is 4.20. The van der Waals surface area contributed by atoms with Crippen molar-refractivity contribution in [3.63, 3.8) is 0 Å². The first-order valence-corrected chi connectivity index (χ1v) is 7.91. The maximum atomic E-state index is 12.8. The van der Waals surface area contributed by atoms with Gasteiger partial charge in [0, 0.05) is 19.3 Å². The molecule has 1 fully saturated rings. The summed E-state index contributed by atoms with van der Waals surface area (Å²) in [6.45, 7) is 0. The van der Waals surface area contributed by atoms with Crippen LogP contribution in [-0.2, 0) is 10.0 Å². The predicted molar refractivity (Wildman–Crippen MR) is 75.6 cm³/mol. The highest BCUT2D eigenvalue weighted by Gasteiger charge is 2.35. The molecule has 0 bridgehead atoms. The number of nitrogen functional groups attached to an aromatic ring is 1. The van der Waals surface area contributed by atoms with Gasteiger partial charge in [-0.1, -0.05) is 12.5 Å². The lowest BCUT2D eigenvalue weighted by atomic mass is 9.94. The second-order valence-corrected chi connectivity index (χ2v) is 6.86. The first-order valence-electron chi connectivity index (χ1n) is 6.47. The van der Waals surface area contributed by atoms with Crippen LogP contribution in [0, 0.1) is 0 Å². The minimum absolute atomic E-state index is 0.0693. The summed E-state index contributed by atoms with van der Waals surface area (Å²) in [5, 5.41) is 0.0880. The number of hydrazine groups is 1. The fraction of sp³-hybridized carbons (Fsp3) is 0.417. The zero-order valence-corrected chi connectivity index (χ0v) is 12.0. The minimum Gasteiger partial charge on any atom is -0.306 e. The van der Waals surface area contributed by atoms with Crippen molar-refractivity contribution in [2.24, 2.45) is 5.84 Å². The number of nitrogens with one attached hydrogen (secondary N) is 1. The molecule has 0 aliphatic heterocycles. The Bertz CT molecular complexity index is 735. The molecule has 108 valence electrons. The lowest BCUT2D eigenvalue weighted by molar-refractivity contribution is 0.249. The summed E-state index contributed by atoms with van der Waals surface area (Å²) in [5.74, 6) is 5.59. The number of fused-ring (bicyclic) bond motifs is 1. The lowest BCUT2D eigenvalue weighted by Gasteiger charge is -2.33. The van der Waals surface area contributed by atoms with E-state index in [1.54, 1.807) is 35.8 Å². The molecule has 3 N–H and O–H groups in total. The van der Waals surface area contributed by atoms with Crippen LogP contribution in [0.3, 0.4) is 0 Å². The van der Waals surface area contributed by atoms with Gasteiger partial charge < -0.3 is 5.43 Å². The van der Waals surface area contributed by atoms with Gasteiger partial charge >= 0.3 is 0 Å². The Balaban J connectivity index is 2.17. The maximum Gasteiger partial charge on any atom is 0.262 e.